The quantitative estimate of drug-likeness (QED) is 0.662. The number of hydrogen-bond acceptors (Lipinski definition) is 7. The third kappa shape index (κ3) is 3.88. The highest BCUT2D eigenvalue weighted by molar-refractivity contribution is 5.90. The number of fused-ring (bicyclic) bond motifs is 1. The molecule has 7 heteroatoms. The minimum absolute atomic E-state index is 0.205. The summed E-state index contributed by atoms with van der Waals surface area (Å²) in [5.41, 5.74) is 3.53. The summed E-state index contributed by atoms with van der Waals surface area (Å²) < 4.78 is 0. The largest absolute Gasteiger partial charge is 0.323 e. The fraction of sp³-hybridized carbons (Fsp3) is 0.263. The molecule has 0 aliphatic carbocycles. The van der Waals surface area contributed by atoms with Gasteiger partial charge in [0.2, 0.25) is 0 Å². The monoisotopic (exact) mass is 347 g/mol. The number of nitrogens with one attached hydrogen (secondary N) is 2. The number of nitrogens with zero attached hydrogens (tertiary/aromatic N) is 5. The van der Waals surface area contributed by atoms with Gasteiger partial charge in [0.1, 0.15) is 5.82 Å². The van der Waals surface area contributed by atoms with Crippen molar-refractivity contribution in [2.24, 2.45) is 4.99 Å². The summed E-state index contributed by atoms with van der Waals surface area (Å²) in [5.74, 6) is 1.49. The smallest absolute Gasteiger partial charge is 0.154 e. The Bertz CT molecular complexity index is 950. The molecule has 0 aromatic carbocycles. The molecule has 3 aromatic rings. The summed E-state index contributed by atoms with van der Waals surface area (Å²) in [4.78, 5) is 13.1. The molecule has 2 N–H and O–H groups in total. The number of aromatic nitrogens is 4. The van der Waals surface area contributed by atoms with Gasteiger partial charge in [0.05, 0.1) is 23.1 Å². The van der Waals surface area contributed by atoms with Gasteiger partial charge >= 0.3 is 0 Å². The van der Waals surface area contributed by atoms with Crippen LogP contribution >= 0.6 is 0 Å². The van der Waals surface area contributed by atoms with E-state index in [-0.39, 0.29) is 5.92 Å². The second kappa shape index (κ2) is 7.77. The summed E-state index contributed by atoms with van der Waals surface area (Å²) in [5, 5.41) is 18.9. The van der Waals surface area contributed by atoms with Gasteiger partial charge in [0, 0.05) is 25.7 Å². The van der Waals surface area contributed by atoms with Crippen molar-refractivity contribution >= 4 is 35.1 Å². The Kier molecular flexibility index (Phi) is 5.26. The average molecular weight is 347 g/mol. The number of pyridine rings is 2. The fourth-order valence-corrected chi connectivity index (χ4v) is 2.55. The van der Waals surface area contributed by atoms with Gasteiger partial charge in [-0.05, 0) is 41.3 Å². The molecule has 0 amide bonds. The van der Waals surface area contributed by atoms with Crippen LogP contribution in [0.4, 0.5) is 11.6 Å². The van der Waals surface area contributed by atoms with E-state index in [0.717, 1.165) is 22.2 Å². The SMILES string of the molecule is CN=CC(C=N)c1cnc2ccc(Nc3cc(C(C)C)cnn3)nc2c1. The lowest BCUT2D eigenvalue weighted by molar-refractivity contribution is 0.843. The van der Waals surface area contributed by atoms with Crippen molar-refractivity contribution in [3.05, 3.63) is 47.8 Å². The molecular weight excluding hydrogens is 326 g/mol. The van der Waals surface area contributed by atoms with Crippen LogP contribution in [0.15, 0.2) is 41.7 Å². The molecule has 1 unspecified atom stereocenters. The maximum Gasteiger partial charge on any atom is 0.154 e. The summed E-state index contributed by atoms with van der Waals surface area (Å²) >= 11 is 0. The standard InChI is InChI=1S/C19H21N7/c1-12(2)13-7-19(26-23-11-13)25-18-5-4-16-17(24-18)6-14(10-22-16)15(8-20)9-21-3/h4-12,15,20H,1-3H3,(H,24,25,26). The van der Waals surface area contributed by atoms with Crippen LogP contribution in [0.2, 0.25) is 0 Å². The zero-order valence-corrected chi connectivity index (χ0v) is 15.0. The summed E-state index contributed by atoms with van der Waals surface area (Å²) in [6, 6.07) is 7.67. The molecule has 0 aliphatic rings. The van der Waals surface area contributed by atoms with Crippen molar-refractivity contribution in [1.82, 2.24) is 20.2 Å². The minimum Gasteiger partial charge on any atom is -0.323 e. The highest BCUT2D eigenvalue weighted by atomic mass is 15.2. The number of anilines is 2. The Morgan fingerprint density at radius 2 is 1.92 bits per heavy atom. The first-order valence-electron chi connectivity index (χ1n) is 8.40. The molecule has 7 nitrogen and oxygen atoms in total. The van der Waals surface area contributed by atoms with E-state index in [2.05, 4.69) is 44.3 Å². The molecule has 0 fully saturated rings. The Balaban J connectivity index is 1.92. The molecule has 26 heavy (non-hydrogen) atoms. The van der Waals surface area contributed by atoms with E-state index in [9.17, 15) is 0 Å². The molecule has 0 spiro atoms. The first-order valence-corrected chi connectivity index (χ1v) is 8.40. The van der Waals surface area contributed by atoms with Crippen LogP contribution in [0.1, 0.15) is 36.8 Å². The number of aliphatic imine (C=N–C) groups is 1. The van der Waals surface area contributed by atoms with Crippen LogP contribution in [0, 0.1) is 5.41 Å². The molecule has 0 saturated carbocycles. The molecule has 3 rings (SSSR count). The van der Waals surface area contributed by atoms with Gasteiger partial charge in [-0.1, -0.05) is 13.8 Å². The van der Waals surface area contributed by atoms with Crippen LogP contribution < -0.4 is 5.32 Å². The zero-order valence-electron chi connectivity index (χ0n) is 15.0. The molecule has 0 aliphatic heterocycles. The van der Waals surface area contributed by atoms with Gasteiger partial charge in [-0.15, -0.1) is 5.10 Å². The highest BCUT2D eigenvalue weighted by Crippen LogP contribution is 2.21. The lowest BCUT2D eigenvalue weighted by atomic mass is 10.0. The molecule has 0 radical (unpaired) electrons. The van der Waals surface area contributed by atoms with Crippen LogP contribution in [0.3, 0.4) is 0 Å². The van der Waals surface area contributed by atoms with E-state index in [1.807, 2.05) is 24.3 Å². The van der Waals surface area contributed by atoms with Crippen LogP contribution in [0.25, 0.3) is 11.0 Å². The maximum atomic E-state index is 7.56. The highest BCUT2D eigenvalue weighted by Gasteiger charge is 2.09. The molecule has 132 valence electrons. The van der Waals surface area contributed by atoms with E-state index in [1.54, 1.807) is 25.7 Å². The average Bonchev–Trinajstić information content (AvgIpc) is 2.65. The second-order valence-corrected chi connectivity index (χ2v) is 6.26. The van der Waals surface area contributed by atoms with E-state index in [1.165, 1.54) is 6.21 Å². The van der Waals surface area contributed by atoms with E-state index in [4.69, 9.17) is 5.41 Å². The molecule has 1 atom stereocenters. The Hall–Kier alpha value is -3.22. The predicted octanol–water partition coefficient (Wildman–Crippen LogP) is 3.72. The summed E-state index contributed by atoms with van der Waals surface area (Å²) in [7, 11) is 1.69. The van der Waals surface area contributed by atoms with Crippen LogP contribution in [0.5, 0.6) is 0 Å². The van der Waals surface area contributed by atoms with E-state index < -0.39 is 0 Å². The fourth-order valence-electron chi connectivity index (χ4n) is 2.55. The van der Waals surface area contributed by atoms with Crippen molar-refractivity contribution in [1.29, 1.82) is 5.41 Å². The van der Waals surface area contributed by atoms with Gasteiger partial charge in [0.15, 0.2) is 5.82 Å². The van der Waals surface area contributed by atoms with Crippen molar-refractivity contribution in [3.8, 4) is 0 Å². The minimum atomic E-state index is -0.205. The number of hydrogen-bond donors (Lipinski definition) is 2. The Morgan fingerprint density at radius 1 is 1.08 bits per heavy atom. The van der Waals surface area contributed by atoms with E-state index >= 15 is 0 Å². The van der Waals surface area contributed by atoms with Crippen molar-refractivity contribution in [2.75, 3.05) is 12.4 Å². The third-order valence-electron chi connectivity index (χ3n) is 4.03. The van der Waals surface area contributed by atoms with Crippen molar-refractivity contribution in [3.63, 3.8) is 0 Å². The maximum absolute atomic E-state index is 7.56. The molecule has 0 saturated heterocycles. The van der Waals surface area contributed by atoms with Gasteiger partial charge < -0.3 is 10.7 Å². The second-order valence-electron chi connectivity index (χ2n) is 6.26. The predicted molar refractivity (Wildman–Crippen MR) is 105 cm³/mol. The van der Waals surface area contributed by atoms with Crippen LogP contribution in [-0.4, -0.2) is 39.6 Å². The van der Waals surface area contributed by atoms with Gasteiger partial charge in [-0.25, -0.2) is 4.98 Å². The Morgan fingerprint density at radius 3 is 2.65 bits per heavy atom. The van der Waals surface area contributed by atoms with Crippen molar-refractivity contribution < 1.29 is 0 Å². The molecule has 3 heterocycles. The Labute approximate surface area is 152 Å². The van der Waals surface area contributed by atoms with Gasteiger partial charge in [-0.3, -0.25) is 9.98 Å². The molecular formula is C19H21N7. The normalized spacial score (nSPS) is 12.6. The molecule has 0 bridgehead atoms. The third-order valence-corrected chi connectivity index (χ3v) is 4.03. The lowest BCUT2D eigenvalue weighted by Gasteiger charge is -2.10. The lowest BCUT2D eigenvalue weighted by Crippen LogP contribution is -2.03. The topological polar surface area (TPSA) is 99.8 Å². The van der Waals surface area contributed by atoms with Crippen LogP contribution in [-0.2, 0) is 0 Å². The van der Waals surface area contributed by atoms with Gasteiger partial charge in [0.25, 0.3) is 0 Å². The molecule has 3 aromatic heterocycles. The number of rotatable bonds is 6. The first kappa shape index (κ1) is 17.6. The summed E-state index contributed by atoms with van der Waals surface area (Å²) in [6.07, 6.45) is 6.58. The van der Waals surface area contributed by atoms with Gasteiger partial charge in [-0.2, -0.15) is 5.10 Å². The van der Waals surface area contributed by atoms with Crippen molar-refractivity contribution in [2.45, 2.75) is 25.7 Å². The summed E-state index contributed by atoms with van der Waals surface area (Å²) in [6.45, 7) is 4.23. The first-order chi connectivity index (χ1) is 12.6. The van der Waals surface area contributed by atoms with E-state index in [0.29, 0.717) is 17.6 Å². The zero-order chi connectivity index (χ0) is 18.5.